The number of amides is 1. The summed E-state index contributed by atoms with van der Waals surface area (Å²) in [5.41, 5.74) is 10.7. The van der Waals surface area contributed by atoms with Crippen molar-refractivity contribution in [3.63, 3.8) is 0 Å². The summed E-state index contributed by atoms with van der Waals surface area (Å²) in [6.45, 7) is 1.99. The van der Waals surface area contributed by atoms with Gasteiger partial charge in [-0.05, 0) is 56.4 Å². The topological polar surface area (TPSA) is 77.1 Å². The van der Waals surface area contributed by atoms with Gasteiger partial charge in [0.2, 0.25) is 0 Å². The number of Topliss-reactive ketones (excluding diaryl/α,β-unsaturated/α-hetero) is 1. The van der Waals surface area contributed by atoms with E-state index in [-0.39, 0.29) is 5.78 Å². The number of hydrogen-bond acceptors (Lipinski definition) is 3. The number of hydrogen-bond donors (Lipinski definition) is 2. The van der Waals surface area contributed by atoms with Gasteiger partial charge in [0.1, 0.15) is 0 Å². The molecule has 2 aromatic rings. The van der Waals surface area contributed by atoms with Gasteiger partial charge in [0.15, 0.2) is 5.78 Å². The number of nitrogens with two attached hydrogens (primary N) is 1. The quantitative estimate of drug-likeness (QED) is 0.908. The van der Waals surface area contributed by atoms with Crippen LogP contribution in [0.1, 0.15) is 57.7 Å². The van der Waals surface area contributed by atoms with Crippen LogP contribution in [-0.4, -0.2) is 22.3 Å². The number of carbonyl (C=O) groups excluding carboxylic acids is 2. The van der Waals surface area contributed by atoms with E-state index in [0.29, 0.717) is 18.0 Å². The third-order valence-electron chi connectivity index (χ3n) is 4.88. The third-order valence-corrected chi connectivity index (χ3v) is 4.88. The molecule has 5 nitrogen and oxygen atoms in total. The summed E-state index contributed by atoms with van der Waals surface area (Å²) in [6, 6.07) is 6.07. The number of fused-ring (bicyclic) bond motifs is 1. The van der Waals surface area contributed by atoms with Crippen LogP contribution in [-0.2, 0) is 6.42 Å². The molecule has 0 atom stereocenters. The first kappa shape index (κ1) is 15.0. The Morgan fingerprint density at radius 1 is 1.29 bits per heavy atom. The predicted molar refractivity (Wildman–Crippen MR) is 92.9 cm³/mol. The summed E-state index contributed by atoms with van der Waals surface area (Å²) in [7, 11) is 0. The molecule has 1 amide bonds. The van der Waals surface area contributed by atoms with E-state index >= 15 is 0 Å². The van der Waals surface area contributed by atoms with Gasteiger partial charge in [0.05, 0.1) is 5.56 Å². The molecular weight excluding hydrogens is 302 g/mol. The van der Waals surface area contributed by atoms with Crippen molar-refractivity contribution in [2.45, 2.75) is 45.1 Å². The molecule has 4 rings (SSSR count). The Morgan fingerprint density at radius 3 is 2.79 bits per heavy atom. The second-order valence-electron chi connectivity index (χ2n) is 6.79. The molecule has 3 N–H and O–H groups in total. The third kappa shape index (κ3) is 2.50. The van der Waals surface area contributed by atoms with Gasteiger partial charge in [0, 0.05) is 41.3 Å². The molecule has 1 aromatic carbocycles. The minimum atomic E-state index is -0.425. The lowest BCUT2D eigenvalue weighted by Crippen LogP contribution is -2.16. The Morgan fingerprint density at radius 2 is 2.08 bits per heavy atom. The van der Waals surface area contributed by atoms with E-state index in [1.54, 1.807) is 6.07 Å². The second kappa shape index (κ2) is 5.51. The molecule has 0 radical (unpaired) electrons. The van der Waals surface area contributed by atoms with E-state index in [4.69, 9.17) is 5.73 Å². The molecule has 24 heavy (non-hydrogen) atoms. The van der Waals surface area contributed by atoms with Gasteiger partial charge < -0.3 is 15.6 Å². The highest BCUT2D eigenvalue weighted by Crippen LogP contribution is 2.32. The van der Waals surface area contributed by atoms with E-state index in [0.717, 1.165) is 53.9 Å². The number of aromatic nitrogens is 1. The molecule has 0 bridgehead atoms. The number of nitrogens with one attached hydrogen (secondary N) is 1. The van der Waals surface area contributed by atoms with Crippen LogP contribution >= 0.6 is 0 Å². The molecule has 1 fully saturated rings. The van der Waals surface area contributed by atoms with Crippen LogP contribution in [0.2, 0.25) is 0 Å². The van der Waals surface area contributed by atoms with Crippen molar-refractivity contribution in [3.05, 3.63) is 46.8 Å². The van der Waals surface area contributed by atoms with Crippen LogP contribution < -0.4 is 11.1 Å². The van der Waals surface area contributed by atoms with Crippen LogP contribution in [0.25, 0.3) is 5.69 Å². The Kier molecular flexibility index (Phi) is 3.44. The summed E-state index contributed by atoms with van der Waals surface area (Å²) in [5.74, 6) is -0.192. The number of nitrogens with zero attached hydrogens (tertiary/aromatic N) is 1. The highest BCUT2D eigenvalue weighted by molar-refractivity contribution is 6.00. The lowest BCUT2D eigenvalue weighted by atomic mass is 9.94. The molecule has 0 spiro atoms. The fourth-order valence-electron chi connectivity index (χ4n) is 3.55. The number of ketones is 1. The summed E-state index contributed by atoms with van der Waals surface area (Å²) < 4.78 is 2.09. The fraction of sp³-hybridized carbons (Fsp3) is 0.368. The van der Waals surface area contributed by atoms with E-state index in [1.165, 1.54) is 0 Å². The second-order valence-corrected chi connectivity index (χ2v) is 6.79. The van der Waals surface area contributed by atoms with Gasteiger partial charge in [-0.3, -0.25) is 9.59 Å². The Hall–Kier alpha value is -2.56. The van der Waals surface area contributed by atoms with Crippen molar-refractivity contribution >= 4 is 17.4 Å². The van der Waals surface area contributed by atoms with Gasteiger partial charge in [-0.2, -0.15) is 0 Å². The minimum Gasteiger partial charge on any atom is -0.382 e. The van der Waals surface area contributed by atoms with Crippen molar-refractivity contribution in [1.29, 1.82) is 0 Å². The maximum Gasteiger partial charge on any atom is 0.250 e. The lowest BCUT2D eigenvalue weighted by Gasteiger charge is -2.17. The molecule has 1 saturated carbocycles. The first-order chi connectivity index (χ1) is 11.5. The molecular formula is C19H21N3O2. The lowest BCUT2D eigenvalue weighted by molar-refractivity contribution is 0.0969. The Bertz CT molecular complexity index is 847. The smallest absolute Gasteiger partial charge is 0.250 e. The minimum absolute atomic E-state index is 0.234. The number of primary amides is 1. The number of aryl methyl sites for hydroxylation is 1. The van der Waals surface area contributed by atoms with Crippen molar-refractivity contribution in [3.8, 4) is 5.69 Å². The van der Waals surface area contributed by atoms with Crippen molar-refractivity contribution in [2.24, 2.45) is 5.73 Å². The van der Waals surface area contributed by atoms with E-state index < -0.39 is 5.91 Å². The highest BCUT2D eigenvalue weighted by atomic mass is 16.1. The van der Waals surface area contributed by atoms with Crippen LogP contribution in [0.5, 0.6) is 0 Å². The Labute approximate surface area is 140 Å². The van der Waals surface area contributed by atoms with Gasteiger partial charge in [0.25, 0.3) is 5.91 Å². The van der Waals surface area contributed by atoms with E-state index in [2.05, 4.69) is 9.88 Å². The zero-order valence-corrected chi connectivity index (χ0v) is 13.8. The maximum atomic E-state index is 12.2. The average Bonchev–Trinajstić information content (AvgIpc) is 3.29. The van der Waals surface area contributed by atoms with Crippen LogP contribution in [0.3, 0.4) is 0 Å². The largest absolute Gasteiger partial charge is 0.382 e. The first-order valence-corrected chi connectivity index (χ1v) is 8.49. The van der Waals surface area contributed by atoms with Gasteiger partial charge >= 0.3 is 0 Å². The van der Waals surface area contributed by atoms with Crippen LogP contribution in [0.4, 0.5) is 5.69 Å². The number of carbonyl (C=O) groups is 2. The molecule has 1 heterocycles. The van der Waals surface area contributed by atoms with Crippen molar-refractivity contribution in [1.82, 2.24) is 4.57 Å². The molecule has 124 valence electrons. The summed E-state index contributed by atoms with van der Waals surface area (Å²) >= 11 is 0. The highest BCUT2D eigenvalue weighted by Gasteiger charge is 2.26. The van der Waals surface area contributed by atoms with E-state index in [9.17, 15) is 9.59 Å². The summed E-state index contributed by atoms with van der Waals surface area (Å²) in [4.78, 5) is 23.9. The molecule has 0 unspecified atom stereocenters. The zero-order chi connectivity index (χ0) is 16.8. The molecule has 1 aromatic heterocycles. The van der Waals surface area contributed by atoms with Gasteiger partial charge in [-0.15, -0.1) is 0 Å². The zero-order valence-electron chi connectivity index (χ0n) is 13.8. The molecule has 2 aliphatic carbocycles. The Balaban J connectivity index is 1.81. The van der Waals surface area contributed by atoms with E-state index in [1.807, 2.05) is 25.3 Å². The van der Waals surface area contributed by atoms with Gasteiger partial charge in [-0.1, -0.05) is 0 Å². The van der Waals surface area contributed by atoms with Crippen LogP contribution in [0, 0.1) is 6.92 Å². The standard InChI is InChI=1S/C19H21N3O2/c1-11-10-22(16-3-2-4-17(23)18(11)16)13-7-8-14(19(20)24)15(9-13)21-12-5-6-12/h7-10,12,21H,2-6H2,1H3,(H2,20,24). The SMILES string of the molecule is Cc1cn(-c2ccc(C(N)=O)c(NC3CC3)c2)c2c1C(=O)CCC2. The molecule has 0 saturated heterocycles. The number of rotatable bonds is 4. The number of benzene rings is 1. The fourth-order valence-corrected chi connectivity index (χ4v) is 3.55. The van der Waals surface area contributed by atoms with Crippen molar-refractivity contribution < 1.29 is 9.59 Å². The predicted octanol–water partition coefficient (Wildman–Crippen LogP) is 2.98. The molecule has 5 heteroatoms. The summed E-state index contributed by atoms with van der Waals surface area (Å²) in [6.07, 6.45) is 6.69. The first-order valence-electron chi connectivity index (χ1n) is 8.49. The number of anilines is 1. The maximum absolute atomic E-state index is 12.2. The normalized spacial score (nSPS) is 16.8. The average molecular weight is 323 g/mol. The van der Waals surface area contributed by atoms with Gasteiger partial charge in [-0.25, -0.2) is 0 Å². The molecule has 0 aliphatic heterocycles. The molecule has 2 aliphatic rings. The summed E-state index contributed by atoms with van der Waals surface area (Å²) in [5, 5.41) is 3.39. The van der Waals surface area contributed by atoms with Crippen LogP contribution in [0.15, 0.2) is 24.4 Å². The monoisotopic (exact) mass is 323 g/mol. The van der Waals surface area contributed by atoms with Crippen molar-refractivity contribution in [2.75, 3.05) is 5.32 Å².